The zero-order valence-electron chi connectivity index (χ0n) is 5.81. The minimum Gasteiger partial charge on any atom is -0.479 e. The molecule has 0 saturated carbocycles. The number of oxazole rings is 1. The van der Waals surface area contributed by atoms with Gasteiger partial charge in [-0.2, -0.15) is 9.97 Å². The number of nitrogens with zero attached hydrogens (tertiary/aromatic N) is 3. The average Bonchev–Trinajstić information content (AvgIpc) is 2.50. The predicted molar refractivity (Wildman–Crippen MR) is 36.2 cm³/mol. The molecule has 0 atom stereocenters. The van der Waals surface area contributed by atoms with Crippen molar-refractivity contribution in [1.82, 2.24) is 15.0 Å². The molecule has 2 aromatic rings. The van der Waals surface area contributed by atoms with Gasteiger partial charge >= 0.3 is 0 Å². The van der Waals surface area contributed by atoms with E-state index in [9.17, 15) is 0 Å². The lowest BCUT2D eigenvalue weighted by molar-refractivity contribution is 0.401. The molecule has 2 aromatic heterocycles. The Morgan fingerprint density at radius 3 is 3.09 bits per heavy atom. The van der Waals surface area contributed by atoms with Crippen LogP contribution in [-0.2, 0) is 0 Å². The lowest BCUT2D eigenvalue weighted by Crippen LogP contribution is -1.89. The minimum atomic E-state index is 0.434. The highest BCUT2D eigenvalue weighted by Crippen LogP contribution is 2.17. The van der Waals surface area contributed by atoms with E-state index in [4.69, 9.17) is 9.15 Å². The summed E-state index contributed by atoms with van der Waals surface area (Å²) < 4.78 is 9.83. The first kappa shape index (κ1) is 6.09. The maximum absolute atomic E-state index is 4.92. The Morgan fingerprint density at radius 1 is 1.36 bits per heavy atom. The maximum Gasteiger partial charge on any atom is 0.253 e. The Hall–Kier alpha value is -1.65. The van der Waals surface area contributed by atoms with E-state index in [2.05, 4.69) is 15.0 Å². The molecule has 2 heterocycles. The van der Waals surface area contributed by atoms with E-state index in [0.29, 0.717) is 17.1 Å². The number of fused-ring (bicyclic) bond motifs is 1. The molecule has 0 spiro atoms. The van der Waals surface area contributed by atoms with Gasteiger partial charge in [-0.05, 0) is 0 Å². The summed E-state index contributed by atoms with van der Waals surface area (Å²) in [6, 6.07) is 0. The van der Waals surface area contributed by atoms with Gasteiger partial charge < -0.3 is 9.15 Å². The van der Waals surface area contributed by atoms with Crippen molar-refractivity contribution < 1.29 is 9.15 Å². The van der Waals surface area contributed by atoms with E-state index in [1.807, 2.05) is 0 Å². The number of aromatic nitrogens is 3. The minimum absolute atomic E-state index is 0.434. The second-order valence-corrected chi connectivity index (χ2v) is 1.89. The lowest BCUT2D eigenvalue weighted by atomic mass is 10.5. The molecule has 2 rings (SSSR count). The topological polar surface area (TPSA) is 61.0 Å². The highest BCUT2D eigenvalue weighted by Gasteiger charge is 2.06. The quantitative estimate of drug-likeness (QED) is 0.598. The highest BCUT2D eigenvalue weighted by atomic mass is 16.5. The van der Waals surface area contributed by atoms with E-state index >= 15 is 0 Å². The van der Waals surface area contributed by atoms with Gasteiger partial charge in [-0.3, -0.25) is 0 Å². The van der Waals surface area contributed by atoms with Crippen LogP contribution in [0.4, 0.5) is 0 Å². The van der Waals surface area contributed by atoms with Gasteiger partial charge in [-0.1, -0.05) is 0 Å². The first-order chi connectivity index (χ1) is 5.42. The third-order valence-corrected chi connectivity index (χ3v) is 1.29. The monoisotopic (exact) mass is 151 g/mol. The largest absolute Gasteiger partial charge is 0.479 e. The summed E-state index contributed by atoms with van der Waals surface area (Å²) >= 11 is 0. The average molecular weight is 151 g/mol. The van der Waals surface area contributed by atoms with Crippen molar-refractivity contribution in [2.45, 2.75) is 0 Å². The van der Waals surface area contributed by atoms with Crippen LogP contribution in [0.15, 0.2) is 17.1 Å². The molecule has 5 nitrogen and oxygen atoms in total. The third-order valence-electron chi connectivity index (χ3n) is 1.29. The van der Waals surface area contributed by atoms with Crippen LogP contribution < -0.4 is 4.74 Å². The van der Waals surface area contributed by atoms with Gasteiger partial charge in [-0.25, -0.2) is 4.98 Å². The van der Waals surface area contributed by atoms with Crippen molar-refractivity contribution in [3.05, 3.63) is 12.7 Å². The van der Waals surface area contributed by atoms with Gasteiger partial charge in [0.25, 0.3) is 5.71 Å². The van der Waals surface area contributed by atoms with Crippen LogP contribution in [-0.4, -0.2) is 22.1 Å². The van der Waals surface area contributed by atoms with Gasteiger partial charge in [0.1, 0.15) is 6.33 Å². The van der Waals surface area contributed by atoms with Crippen molar-refractivity contribution in [2.24, 2.45) is 0 Å². The fourth-order valence-electron chi connectivity index (χ4n) is 0.823. The van der Waals surface area contributed by atoms with Crippen molar-refractivity contribution in [2.75, 3.05) is 7.11 Å². The second kappa shape index (κ2) is 2.19. The van der Waals surface area contributed by atoms with Crippen LogP contribution in [0.5, 0.6) is 5.88 Å². The lowest BCUT2D eigenvalue weighted by Gasteiger charge is -1.94. The van der Waals surface area contributed by atoms with Gasteiger partial charge in [0, 0.05) is 0 Å². The van der Waals surface area contributed by atoms with E-state index in [-0.39, 0.29) is 0 Å². The summed E-state index contributed by atoms with van der Waals surface area (Å²) in [6.07, 6.45) is 2.67. The first-order valence-electron chi connectivity index (χ1n) is 3.00. The first-order valence-corrected chi connectivity index (χ1v) is 3.00. The Balaban J connectivity index is 2.79. The fraction of sp³-hybridized carbons (Fsp3) is 0.167. The molecule has 0 saturated heterocycles. The molecule has 0 unspecified atom stereocenters. The normalized spacial score (nSPS) is 10.3. The highest BCUT2D eigenvalue weighted by molar-refractivity contribution is 5.72. The molecule has 0 aromatic carbocycles. The van der Waals surface area contributed by atoms with Crippen molar-refractivity contribution >= 4 is 11.2 Å². The van der Waals surface area contributed by atoms with Crippen LogP contribution in [0.1, 0.15) is 0 Å². The van der Waals surface area contributed by atoms with Crippen molar-refractivity contribution in [3.63, 3.8) is 0 Å². The Labute approximate surface area is 62.0 Å². The summed E-state index contributed by atoms with van der Waals surface area (Å²) in [4.78, 5) is 11.5. The van der Waals surface area contributed by atoms with E-state index in [1.54, 1.807) is 0 Å². The molecular weight excluding hydrogens is 146 g/mol. The maximum atomic E-state index is 4.92. The standard InChI is InChI=1S/C6H5N3O2/c1-10-5-4-6(8-2-7-5)11-3-9-4/h2-3H,1H3. The Kier molecular flexibility index (Phi) is 1.21. The van der Waals surface area contributed by atoms with Crippen molar-refractivity contribution in [1.29, 1.82) is 0 Å². The molecule has 0 amide bonds. The van der Waals surface area contributed by atoms with Crippen LogP contribution in [0.2, 0.25) is 0 Å². The zero-order chi connectivity index (χ0) is 7.68. The molecule has 56 valence electrons. The van der Waals surface area contributed by atoms with Crippen molar-refractivity contribution in [3.8, 4) is 5.88 Å². The molecule has 0 aliphatic rings. The molecule has 0 aliphatic carbocycles. The summed E-state index contributed by atoms with van der Waals surface area (Å²) in [5, 5.41) is 0. The van der Waals surface area contributed by atoms with Gasteiger partial charge in [0.05, 0.1) is 7.11 Å². The fourth-order valence-corrected chi connectivity index (χ4v) is 0.823. The van der Waals surface area contributed by atoms with E-state index < -0.39 is 0 Å². The molecule has 0 bridgehead atoms. The molecule has 0 fully saturated rings. The summed E-state index contributed by atoms with van der Waals surface area (Å²) in [5.74, 6) is 0.434. The van der Waals surface area contributed by atoms with Gasteiger partial charge in [-0.15, -0.1) is 0 Å². The summed E-state index contributed by atoms with van der Waals surface area (Å²) in [6.45, 7) is 0. The number of methoxy groups -OCH3 is 1. The molecule has 0 aliphatic heterocycles. The number of hydrogen-bond donors (Lipinski definition) is 0. The van der Waals surface area contributed by atoms with Gasteiger partial charge in [0.2, 0.25) is 5.88 Å². The van der Waals surface area contributed by atoms with Crippen LogP contribution in [0.3, 0.4) is 0 Å². The SMILES string of the molecule is COc1ncnc2ocnc12. The molecule has 5 heteroatoms. The molecule has 0 N–H and O–H groups in total. The Morgan fingerprint density at radius 2 is 2.27 bits per heavy atom. The molecule has 11 heavy (non-hydrogen) atoms. The smallest absolute Gasteiger partial charge is 0.253 e. The van der Waals surface area contributed by atoms with Gasteiger partial charge in [0.15, 0.2) is 11.9 Å². The molecule has 0 radical (unpaired) electrons. The summed E-state index contributed by atoms with van der Waals surface area (Å²) in [5.41, 5.74) is 0.992. The van der Waals surface area contributed by atoms with E-state index in [0.717, 1.165) is 0 Å². The van der Waals surface area contributed by atoms with Crippen LogP contribution in [0, 0.1) is 0 Å². The van der Waals surface area contributed by atoms with Crippen LogP contribution in [0.25, 0.3) is 11.2 Å². The predicted octanol–water partition coefficient (Wildman–Crippen LogP) is 0.626. The number of ether oxygens (including phenoxy) is 1. The number of rotatable bonds is 1. The Bertz CT molecular complexity index is 371. The summed E-state index contributed by atoms with van der Waals surface area (Å²) in [7, 11) is 1.52. The zero-order valence-corrected chi connectivity index (χ0v) is 5.81. The second-order valence-electron chi connectivity index (χ2n) is 1.89. The number of hydrogen-bond acceptors (Lipinski definition) is 5. The van der Waals surface area contributed by atoms with E-state index in [1.165, 1.54) is 19.8 Å². The molecular formula is C6H5N3O2. The third kappa shape index (κ3) is 0.813. The van der Waals surface area contributed by atoms with Crippen LogP contribution >= 0.6 is 0 Å².